The number of hydrogen-bond acceptors (Lipinski definition) is 3. The smallest absolute Gasteiger partial charge is 0.0559 e. The molecule has 0 bridgehead atoms. The van der Waals surface area contributed by atoms with Crippen LogP contribution >= 0.6 is 0 Å². The van der Waals surface area contributed by atoms with E-state index < -0.39 is 0 Å². The van der Waals surface area contributed by atoms with E-state index in [1.54, 1.807) is 12.4 Å². The van der Waals surface area contributed by atoms with E-state index in [2.05, 4.69) is 22.4 Å². The molecule has 2 heterocycles. The summed E-state index contributed by atoms with van der Waals surface area (Å²) in [7, 11) is 0. The Morgan fingerprint density at radius 3 is 2.44 bits per heavy atom. The second-order valence-electron chi connectivity index (χ2n) is 3.85. The van der Waals surface area contributed by atoms with Gasteiger partial charge in [0.05, 0.1) is 13.1 Å². The summed E-state index contributed by atoms with van der Waals surface area (Å²) in [6.45, 7) is 4.87. The van der Waals surface area contributed by atoms with Crippen molar-refractivity contribution in [3.05, 3.63) is 36.9 Å². The number of aromatic nitrogens is 4. The van der Waals surface area contributed by atoms with Gasteiger partial charge in [0.2, 0.25) is 0 Å². The lowest BCUT2D eigenvalue weighted by atomic mass is 10.3. The molecule has 0 amide bonds. The molecule has 5 heteroatoms. The summed E-state index contributed by atoms with van der Waals surface area (Å²) in [4.78, 5) is 0. The molecule has 0 saturated heterocycles. The van der Waals surface area contributed by atoms with Crippen LogP contribution < -0.4 is 5.32 Å². The maximum Gasteiger partial charge on any atom is 0.0559 e. The highest BCUT2D eigenvalue weighted by Gasteiger charge is 2.01. The van der Waals surface area contributed by atoms with E-state index in [0.29, 0.717) is 6.04 Å². The first-order valence-electron chi connectivity index (χ1n) is 5.53. The zero-order chi connectivity index (χ0) is 11.2. The van der Waals surface area contributed by atoms with E-state index in [-0.39, 0.29) is 0 Å². The van der Waals surface area contributed by atoms with Crippen molar-refractivity contribution < 1.29 is 0 Å². The van der Waals surface area contributed by atoms with Gasteiger partial charge in [-0.2, -0.15) is 10.2 Å². The maximum absolute atomic E-state index is 4.17. The Morgan fingerprint density at radius 2 is 1.81 bits per heavy atom. The van der Waals surface area contributed by atoms with E-state index in [9.17, 15) is 0 Å². The summed E-state index contributed by atoms with van der Waals surface area (Å²) in [6, 6.07) is 4.29. The Kier molecular flexibility index (Phi) is 3.71. The fraction of sp³-hybridized carbons (Fsp3) is 0.455. The summed E-state index contributed by atoms with van der Waals surface area (Å²) in [6.07, 6.45) is 7.55. The van der Waals surface area contributed by atoms with Crippen LogP contribution in [0.4, 0.5) is 0 Å². The Hall–Kier alpha value is -1.62. The molecule has 0 radical (unpaired) electrons. The van der Waals surface area contributed by atoms with E-state index in [1.165, 1.54) is 0 Å². The molecule has 2 aromatic heterocycles. The molecular weight excluding hydrogens is 202 g/mol. The summed E-state index contributed by atoms with van der Waals surface area (Å²) >= 11 is 0. The van der Waals surface area contributed by atoms with E-state index in [1.807, 2.05) is 33.9 Å². The zero-order valence-electron chi connectivity index (χ0n) is 9.45. The number of nitrogens with zero attached hydrogens (tertiary/aromatic N) is 4. The SMILES string of the molecule is C[C@@H](Cn1cccn1)NCCn1cccn1. The minimum absolute atomic E-state index is 0.412. The number of rotatable bonds is 6. The van der Waals surface area contributed by atoms with Gasteiger partial charge in [-0.25, -0.2) is 0 Å². The lowest BCUT2D eigenvalue weighted by Gasteiger charge is -2.13. The van der Waals surface area contributed by atoms with Crippen LogP contribution in [0.2, 0.25) is 0 Å². The molecule has 2 aromatic rings. The van der Waals surface area contributed by atoms with Crippen molar-refractivity contribution in [2.75, 3.05) is 6.54 Å². The monoisotopic (exact) mass is 219 g/mol. The van der Waals surface area contributed by atoms with Gasteiger partial charge in [0.25, 0.3) is 0 Å². The van der Waals surface area contributed by atoms with Gasteiger partial charge in [-0.3, -0.25) is 9.36 Å². The zero-order valence-corrected chi connectivity index (χ0v) is 9.45. The number of hydrogen-bond donors (Lipinski definition) is 1. The van der Waals surface area contributed by atoms with Crippen molar-refractivity contribution in [2.24, 2.45) is 0 Å². The lowest BCUT2D eigenvalue weighted by Crippen LogP contribution is -2.33. The van der Waals surface area contributed by atoms with Gasteiger partial charge in [-0.05, 0) is 19.1 Å². The van der Waals surface area contributed by atoms with Crippen LogP contribution in [0, 0.1) is 0 Å². The van der Waals surface area contributed by atoms with Crippen LogP contribution in [0.3, 0.4) is 0 Å². The highest BCUT2D eigenvalue weighted by molar-refractivity contribution is 4.79. The second-order valence-corrected chi connectivity index (χ2v) is 3.85. The molecule has 0 aromatic carbocycles. The minimum atomic E-state index is 0.412. The Labute approximate surface area is 95.1 Å². The van der Waals surface area contributed by atoms with E-state index in [4.69, 9.17) is 0 Å². The third-order valence-corrected chi connectivity index (χ3v) is 2.41. The molecule has 1 atom stereocenters. The second kappa shape index (κ2) is 5.46. The van der Waals surface area contributed by atoms with Gasteiger partial charge in [0.15, 0.2) is 0 Å². The quantitative estimate of drug-likeness (QED) is 0.780. The summed E-state index contributed by atoms with van der Waals surface area (Å²) < 4.78 is 3.86. The van der Waals surface area contributed by atoms with Crippen LogP contribution in [-0.4, -0.2) is 32.1 Å². The molecule has 0 saturated carbocycles. The first-order valence-corrected chi connectivity index (χ1v) is 5.53. The van der Waals surface area contributed by atoms with Crippen LogP contribution in [0.25, 0.3) is 0 Å². The molecule has 86 valence electrons. The van der Waals surface area contributed by atoms with Crippen LogP contribution in [0.15, 0.2) is 36.9 Å². The van der Waals surface area contributed by atoms with Crippen LogP contribution in [-0.2, 0) is 13.1 Å². The third-order valence-electron chi connectivity index (χ3n) is 2.41. The molecule has 2 rings (SSSR count). The van der Waals surface area contributed by atoms with Gasteiger partial charge in [0.1, 0.15) is 0 Å². The Balaban J connectivity index is 1.66. The lowest BCUT2D eigenvalue weighted by molar-refractivity contribution is 0.432. The minimum Gasteiger partial charge on any atom is -0.311 e. The van der Waals surface area contributed by atoms with Crippen LogP contribution in [0.1, 0.15) is 6.92 Å². The normalized spacial score (nSPS) is 12.8. The van der Waals surface area contributed by atoms with Gasteiger partial charge in [0, 0.05) is 37.4 Å². The van der Waals surface area contributed by atoms with E-state index in [0.717, 1.165) is 19.6 Å². The maximum atomic E-state index is 4.17. The predicted molar refractivity (Wildman–Crippen MR) is 61.9 cm³/mol. The highest BCUT2D eigenvalue weighted by Crippen LogP contribution is 1.90. The molecule has 16 heavy (non-hydrogen) atoms. The number of nitrogens with one attached hydrogen (secondary N) is 1. The molecule has 0 spiro atoms. The third kappa shape index (κ3) is 3.20. The van der Waals surface area contributed by atoms with Crippen molar-refractivity contribution in [3.63, 3.8) is 0 Å². The van der Waals surface area contributed by atoms with Crippen molar-refractivity contribution >= 4 is 0 Å². The van der Waals surface area contributed by atoms with Crippen molar-refractivity contribution in [3.8, 4) is 0 Å². The summed E-state index contributed by atoms with van der Waals surface area (Å²) in [5.74, 6) is 0. The Morgan fingerprint density at radius 1 is 1.12 bits per heavy atom. The topological polar surface area (TPSA) is 47.7 Å². The highest BCUT2D eigenvalue weighted by atomic mass is 15.3. The standard InChI is InChI=1S/C11H17N5/c1-11(10-16-8-3-5-14-16)12-6-9-15-7-2-4-13-15/h2-5,7-8,11-12H,6,9-10H2,1H3/t11-/m0/s1. The van der Waals surface area contributed by atoms with Gasteiger partial charge in [-0.1, -0.05) is 0 Å². The Bertz CT molecular complexity index is 378. The van der Waals surface area contributed by atoms with E-state index >= 15 is 0 Å². The molecule has 0 aliphatic rings. The molecule has 0 fully saturated rings. The molecular formula is C11H17N5. The molecule has 1 N–H and O–H groups in total. The summed E-state index contributed by atoms with van der Waals surface area (Å²) in [5, 5.41) is 11.8. The molecule has 0 aliphatic carbocycles. The fourth-order valence-corrected chi connectivity index (χ4v) is 1.61. The van der Waals surface area contributed by atoms with Crippen molar-refractivity contribution in [1.29, 1.82) is 0 Å². The predicted octanol–water partition coefficient (Wildman–Crippen LogP) is 0.758. The average molecular weight is 219 g/mol. The molecule has 0 unspecified atom stereocenters. The van der Waals surface area contributed by atoms with Gasteiger partial charge in [-0.15, -0.1) is 0 Å². The first-order chi connectivity index (χ1) is 7.84. The average Bonchev–Trinajstić information content (AvgIpc) is 2.90. The molecule has 0 aliphatic heterocycles. The largest absolute Gasteiger partial charge is 0.311 e. The molecule has 5 nitrogen and oxygen atoms in total. The van der Waals surface area contributed by atoms with Crippen LogP contribution in [0.5, 0.6) is 0 Å². The van der Waals surface area contributed by atoms with Gasteiger partial charge < -0.3 is 5.32 Å². The van der Waals surface area contributed by atoms with Crippen molar-refractivity contribution in [2.45, 2.75) is 26.1 Å². The first kappa shape index (κ1) is 10.9. The van der Waals surface area contributed by atoms with Crippen molar-refractivity contribution in [1.82, 2.24) is 24.9 Å². The van der Waals surface area contributed by atoms with Gasteiger partial charge >= 0.3 is 0 Å². The summed E-state index contributed by atoms with van der Waals surface area (Å²) in [5.41, 5.74) is 0. The fourth-order valence-electron chi connectivity index (χ4n) is 1.61.